The molecule has 1 aromatic heterocycles. The van der Waals surface area contributed by atoms with Gasteiger partial charge in [-0.3, -0.25) is 0 Å². The van der Waals surface area contributed by atoms with Crippen molar-refractivity contribution in [1.29, 1.82) is 0 Å². The second-order valence-corrected chi connectivity index (χ2v) is 4.47. The molecule has 0 spiro atoms. The Morgan fingerprint density at radius 1 is 1.50 bits per heavy atom. The minimum Gasteiger partial charge on any atom is -0.362 e. The number of aromatic nitrogens is 1. The standard InChI is InChI=1S/C10H13Cl2N3S/c1-3-4-13-10(16)15-9-8(12)6(2)7(11)5-14-9/h5H,3-4H2,1-2H3,(H2,13,14,15,16). The Labute approximate surface area is 111 Å². The van der Waals surface area contributed by atoms with Crippen molar-refractivity contribution < 1.29 is 0 Å². The van der Waals surface area contributed by atoms with Crippen molar-refractivity contribution in [3.05, 3.63) is 21.8 Å². The van der Waals surface area contributed by atoms with Crippen molar-refractivity contribution in [1.82, 2.24) is 10.3 Å². The first-order chi connectivity index (χ1) is 7.56. The maximum atomic E-state index is 6.08. The molecule has 0 unspecified atom stereocenters. The second kappa shape index (κ2) is 6.23. The van der Waals surface area contributed by atoms with Crippen LogP contribution < -0.4 is 10.6 Å². The van der Waals surface area contributed by atoms with Crippen LogP contribution in [0.3, 0.4) is 0 Å². The lowest BCUT2D eigenvalue weighted by Crippen LogP contribution is -2.29. The molecule has 3 nitrogen and oxygen atoms in total. The number of hydrogen-bond donors (Lipinski definition) is 2. The summed E-state index contributed by atoms with van der Waals surface area (Å²) in [6.07, 6.45) is 2.55. The Hall–Kier alpha value is -0.580. The van der Waals surface area contributed by atoms with E-state index in [9.17, 15) is 0 Å². The van der Waals surface area contributed by atoms with Crippen molar-refractivity contribution in [3.63, 3.8) is 0 Å². The summed E-state index contributed by atoms with van der Waals surface area (Å²) in [5, 5.41) is 7.51. The van der Waals surface area contributed by atoms with Crippen LogP contribution in [-0.4, -0.2) is 16.6 Å². The minimum atomic E-state index is 0.494. The van der Waals surface area contributed by atoms with Gasteiger partial charge in [-0.15, -0.1) is 0 Å². The molecule has 0 atom stereocenters. The summed E-state index contributed by atoms with van der Waals surface area (Å²) in [5.74, 6) is 0.525. The molecule has 0 bridgehead atoms. The van der Waals surface area contributed by atoms with Crippen LogP contribution in [0.4, 0.5) is 5.82 Å². The SMILES string of the molecule is CCCNC(=S)Nc1ncc(Cl)c(C)c1Cl. The van der Waals surface area contributed by atoms with E-state index in [1.54, 1.807) is 6.20 Å². The number of nitrogens with one attached hydrogen (secondary N) is 2. The van der Waals surface area contributed by atoms with Gasteiger partial charge in [-0.05, 0) is 31.1 Å². The Bertz CT molecular complexity index is 396. The fourth-order valence-corrected chi connectivity index (χ4v) is 1.62. The monoisotopic (exact) mass is 277 g/mol. The molecule has 1 rings (SSSR count). The molecular weight excluding hydrogens is 265 g/mol. The summed E-state index contributed by atoms with van der Waals surface area (Å²) in [6, 6.07) is 0. The lowest BCUT2D eigenvalue weighted by atomic mass is 10.3. The molecule has 0 radical (unpaired) electrons. The second-order valence-electron chi connectivity index (χ2n) is 3.27. The number of rotatable bonds is 3. The Morgan fingerprint density at radius 2 is 2.19 bits per heavy atom. The summed E-state index contributed by atoms with van der Waals surface area (Å²) >= 11 is 17.0. The van der Waals surface area contributed by atoms with Crippen LogP contribution in [0, 0.1) is 6.92 Å². The summed E-state index contributed by atoms with van der Waals surface area (Å²) in [5.41, 5.74) is 0.791. The van der Waals surface area contributed by atoms with E-state index >= 15 is 0 Å². The Balaban J connectivity index is 2.74. The van der Waals surface area contributed by atoms with Crippen molar-refractivity contribution in [3.8, 4) is 0 Å². The van der Waals surface area contributed by atoms with Crippen LogP contribution in [0.2, 0.25) is 10.0 Å². The first-order valence-corrected chi connectivity index (χ1v) is 6.08. The van der Waals surface area contributed by atoms with Crippen LogP contribution in [0.15, 0.2) is 6.20 Å². The van der Waals surface area contributed by atoms with Crippen molar-refractivity contribution in [2.45, 2.75) is 20.3 Å². The molecule has 0 saturated heterocycles. The van der Waals surface area contributed by atoms with Crippen LogP contribution in [0.25, 0.3) is 0 Å². The molecule has 0 aliphatic rings. The summed E-state index contributed by atoms with van der Waals surface area (Å²) in [4.78, 5) is 4.08. The van der Waals surface area contributed by atoms with Gasteiger partial charge < -0.3 is 10.6 Å². The van der Waals surface area contributed by atoms with E-state index in [4.69, 9.17) is 35.4 Å². The highest BCUT2D eigenvalue weighted by Crippen LogP contribution is 2.28. The smallest absolute Gasteiger partial charge is 0.171 e. The molecule has 0 fully saturated rings. The third kappa shape index (κ3) is 3.47. The zero-order valence-corrected chi connectivity index (χ0v) is 11.4. The lowest BCUT2D eigenvalue weighted by Gasteiger charge is -2.11. The first-order valence-electron chi connectivity index (χ1n) is 4.91. The number of anilines is 1. The first kappa shape index (κ1) is 13.5. The molecule has 1 heterocycles. The van der Waals surface area contributed by atoms with Crippen molar-refractivity contribution in [2.75, 3.05) is 11.9 Å². The summed E-state index contributed by atoms with van der Waals surface area (Å²) in [6.45, 7) is 4.71. The van der Waals surface area contributed by atoms with Gasteiger partial charge >= 0.3 is 0 Å². The summed E-state index contributed by atoms with van der Waals surface area (Å²) in [7, 11) is 0. The quantitative estimate of drug-likeness (QED) is 0.831. The predicted molar refractivity (Wildman–Crippen MR) is 73.5 cm³/mol. The molecule has 0 aliphatic heterocycles. The topological polar surface area (TPSA) is 37.0 Å². The van der Waals surface area contributed by atoms with Crippen molar-refractivity contribution in [2.24, 2.45) is 0 Å². The highest BCUT2D eigenvalue weighted by molar-refractivity contribution is 7.80. The zero-order valence-electron chi connectivity index (χ0n) is 9.10. The van der Waals surface area contributed by atoms with Gasteiger partial charge in [-0.1, -0.05) is 30.1 Å². The number of pyridine rings is 1. The van der Waals surface area contributed by atoms with Gasteiger partial charge in [-0.25, -0.2) is 4.98 Å². The maximum Gasteiger partial charge on any atom is 0.171 e. The van der Waals surface area contributed by atoms with Crippen LogP contribution in [0.5, 0.6) is 0 Å². The number of thiocarbonyl (C=S) groups is 1. The largest absolute Gasteiger partial charge is 0.362 e. The normalized spacial score (nSPS) is 10.0. The molecule has 2 N–H and O–H groups in total. The molecule has 0 aromatic carbocycles. The summed E-state index contributed by atoms with van der Waals surface area (Å²) < 4.78 is 0. The highest BCUT2D eigenvalue weighted by atomic mass is 35.5. The van der Waals surface area contributed by atoms with E-state index in [-0.39, 0.29) is 0 Å². The Kier molecular flexibility index (Phi) is 5.25. The molecule has 6 heteroatoms. The molecule has 0 saturated carbocycles. The van der Waals surface area contributed by atoms with Crippen molar-refractivity contribution >= 4 is 46.4 Å². The van der Waals surface area contributed by atoms with Gasteiger partial charge in [0.15, 0.2) is 10.9 Å². The number of halogens is 2. The van der Waals surface area contributed by atoms with Gasteiger partial charge in [0.2, 0.25) is 0 Å². The third-order valence-corrected chi connectivity index (χ3v) is 3.06. The van der Waals surface area contributed by atoms with Gasteiger partial charge in [0, 0.05) is 12.7 Å². The van der Waals surface area contributed by atoms with Gasteiger partial charge in [-0.2, -0.15) is 0 Å². The molecule has 88 valence electrons. The van der Waals surface area contributed by atoms with E-state index in [0.717, 1.165) is 18.5 Å². The number of hydrogen-bond acceptors (Lipinski definition) is 2. The van der Waals surface area contributed by atoms with Crippen LogP contribution in [0.1, 0.15) is 18.9 Å². The van der Waals surface area contributed by atoms with E-state index in [0.29, 0.717) is 21.0 Å². The molecule has 0 amide bonds. The fourth-order valence-electron chi connectivity index (χ4n) is 1.03. The van der Waals surface area contributed by atoms with Gasteiger partial charge in [0.25, 0.3) is 0 Å². The Morgan fingerprint density at radius 3 is 2.81 bits per heavy atom. The third-order valence-electron chi connectivity index (χ3n) is 1.97. The highest BCUT2D eigenvalue weighted by Gasteiger charge is 2.09. The van der Waals surface area contributed by atoms with E-state index in [1.807, 2.05) is 6.92 Å². The van der Waals surface area contributed by atoms with Crippen LogP contribution in [-0.2, 0) is 0 Å². The van der Waals surface area contributed by atoms with E-state index < -0.39 is 0 Å². The predicted octanol–water partition coefficient (Wildman–Crippen LogP) is 3.39. The van der Waals surface area contributed by atoms with Crippen LogP contribution >= 0.6 is 35.4 Å². The van der Waals surface area contributed by atoms with E-state index in [2.05, 4.69) is 22.5 Å². The molecule has 0 aliphatic carbocycles. The zero-order chi connectivity index (χ0) is 12.1. The lowest BCUT2D eigenvalue weighted by molar-refractivity contribution is 0.846. The fraction of sp³-hybridized carbons (Fsp3) is 0.400. The number of nitrogens with zero attached hydrogens (tertiary/aromatic N) is 1. The van der Waals surface area contributed by atoms with E-state index in [1.165, 1.54) is 0 Å². The van der Waals surface area contributed by atoms with Gasteiger partial charge in [0.05, 0.1) is 10.0 Å². The minimum absolute atomic E-state index is 0.494. The molecular formula is C10H13Cl2N3S. The molecule has 16 heavy (non-hydrogen) atoms. The maximum absolute atomic E-state index is 6.08. The average molecular weight is 278 g/mol. The van der Waals surface area contributed by atoms with Gasteiger partial charge in [0.1, 0.15) is 0 Å². The average Bonchev–Trinajstić information content (AvgIpc) is 2.27. The molecule has 1 aromatic rings.